The number of anilines is 1. The lowest BCUT2D eigenvalue weighted by Gasteiger charge is -2.11. The van der Waals surface area contributed by atoms with Crippen LogP contribution in [-0.4, -0.2) is 13.1 Å². The van der Waals surface area contributed by atoms with Gasteiger partial charge < -0.3 is 11.1 Å². The summed E-state index contributed by atoms with van der Waals surface area (Å²) in [6.07, 6.45) is 1.17. The Balaban J connectivity index is 2.29. The fourth-order valence-corrected chi connectivity index (χ4v) is 2.02. The summed E-state index contributed by atoms with van der Waals surface area (Å²) in [5.74, 6) is 0.567. The van der Waals surface area contributed by atoms with Gasteiger partial charge in [-0.1, -0.05) is 17.7 Å². The molecule has 1 aromatic rings. The van der Waals surface area contributed by atoms with E-state index < -0.39 is 0 Å². The highest BCUT2D eigenvalue weighted by molar-refractivity contribution is 6.30. The number of nitrogens with two attached hydrogens (primary N) is 1. The maximum Gasteiger partial charge on any atom is 0.0426 e. The number of hydrogen-bond donors (Lipinski definition) is 2. The Labute approximate surface area is 83.1 Å². The summed E-state index contributed by atoms with van der Waals surface area (Å²) in [4.78, 5) is 0. The Morgan fingerprint density at radius 1 is 1.46 bits per heavy atom. The van der Waals surface area contributed by atoms with Crippen molar-refractivity contribution in [1.82, 2.24) is 5.32 Å². The minimum Gasteiger partial charge on any atom is -0.398 e. The third-order valence-corrected chi connectivity index (χ3v) is 2.78. The zero-order chi connectivity index (χ0) is 9.26. The monoisotopic (exact) mass is 196 g/mol. The second kappa shape index (κ2) is 3.56. The van der Waals surface area contributed by atoms with Gasteiger partial charge in [0.2, 0.25) is 0 Å². The summed E-state index contributed by atoms with van der Waals surface area (Å²) in [5.41, 5.74) is 7.94. The summed E-state index contributed by atoms with van der Waals surface area (Å²) >= 11 is 5.83. The van der Waals surface area contributed by atoms with Crippen molar-refractivity contribution in [2.75, 3.05) is 18.8 Å². The van der Waals surface area contributed by atoms with E-state index in [-0.39, 0.29) is 0 Å². The molecule has 0 radical (unpaired) electrons. The highest BCUT2D eigenvalue weighted by atomic mass is 35.5. The van der Waals surface area contributed by atoms with Gasteiger partial charge in [0.1, 0.15) is 0 Å². The number of benzene rings is 1. The maximum atomic E-state index is 5.89. The first-order valence-electron chi connectivity index (χ1n) is 4.53. The molecule has 1 heterocycles. The van der Waals surface area contributed by atoms with E-state index in [2.05, 4.69) is 5.32 Å². The van der Waals surface area contributed by atoms with E-state index in [1.807, 2.05) is 18.2 Å². The van der Waals surface area contributed by atoms with Crippen molar-refractivity contribution >= 4 is 17.3 Å². The molecule has 0 aliphatic carbocycles. The predicted molar refractivity (Wildman–Crippen MR) is 56.1 cm³/mol. The molecule has 70 valence electrons. The molecule has 3 heteroatoms. The SMILES string of the molecule is Nc1cc(Cl)ccc1C1CCNC1. The van der Waals surface area contributed by atoms with Crippen LogP contribution < -0.4 is 11.1 Å². The Hall–Kier alpha value is -0.730. The van der Waals surface area contributed by atoms with Gasteiger partial charge in [-0.25, -0.2) is 0 Å². The molecule has 0 bridgehead atoms. The first-order valence-corrected chi connectivity index (χ1v) is 4.91. The van der Waals surface area contributed by atoms with E-state index in [1.165, 1.54) is 12.0 Å². The smallest absolute Gasteiger partial charge is 0.0426 e. The van der Waals surface area contributed by atoms with Crippen LogP contribution >= 0.6 is 11.6 Å². The fourth-order valence-electron chi connectivity index (χ4n) is 1.84. The molecule has 0 spiro atoms. The Bertz CT molecular complexity index is 306. The maximum absolute atomic E-state index is 5.89. The van der Waals surface area contributed by atoms with Crippen LogP contribution in [0.5, 0.6) is 0 Å². The van der Waals surface area contributed by atoms with Crippen LogP contribution in [-0.2, 0) is 0 Å². The van der Waals surface area contributed by atoms with Crippen LogP contribution in [0.4, 0.5) is 5.69 Å². The van der Waals surface area contributed by atoms with E-state index in [1.54, 1.807) is 0 Å². The average molecular weight is 197 g/mol. The summed E-state index contributed by atoms with van der Waals surface area (Å²) in [7, 11) is 0. The number of halogens is 1. The predicted octanol–water partition coefficient (Wildman–Crippen LogP) is 2.00. The molecule has 3 N–H and O–H groups in total. The highest BCUT2D eigenvalue weighted by Gasteiger charge is 2.18. The molecule has 1 aromatic carbocycles. The van der Waals surface area contributed by atoms with Gasteiger partial charge in [0.15, 0.2) is 0 Å². The molecule has 0 amide bonds. The Kier molecular flexibility index (Phi) is 2.42. The lowest BCUT2D eigenvalue weighted by Crippen LogP contribution is -2.09. The first-order chi connectivity index (χ1) is 6.27. The van der Waals surface area contributed by atoms with Crippen LogP contribution in [0.3, 0.4) is 0 Å². The van der Waals surface area contributed by atoms with Crippen molar-refractivity contribution in [2.24, 2.45) is 0 Å². The molecule has 1 fully saturated rings. The summed E-state index contributed by atoms with van der Waals surface area (Å²) in [6, 6.07) is 5.77. The topological polar surface area (TPSA) is 38.0 Å². The number of hydrogen-bond acceptors (Lipinski definition) is 2. The van der Waals surface area contributed by atoms with E-state index in [0.717, 1.165) is 18.8 Å². The van der Waals surface area contributed by atoms with Gasteiger partial charge in [0.05, 0.1) is 0 Å². The lowest BCUT2D eigenvalue weighted by molar-refractivity contribution is 0.766. The van der Waals surface area contributed by atoms with Crippen molar-refractivity contribution in [3.05, 3.63) is 28.8 Å². The molecule has 1 aliphatic rings. The minimum absolute atomic E-state index is 0.567. The van der Waals surface area contributed by atoms with Gasteiger partial charge >= 0.3 is 0 Å². The zero-order valence-corrected chi connectivity index (χ0v) is 8.14. The van der Waals surface area contributed by atoms with Crippen LogP contribution in [0.25, 0.3) is 0 Å². The third kappa shape index (κ3) is 1.79. The Morgan fingerprint density at radius 3 is 2.92 bits per heavy atom. The van der Waals surface area contributed by atoms with Gasteiger partial charge in [-0.2, -0.15) is 0 Å². The van der Waals surface area contributed by atoms with Crippen molar-refractivity contribution in [3.8, 4) is 0 Å². The van der Waals surface area contributed by atoms with Gasteiger partial charge in [-0.15, -0.1) is 0 Å². The molecule has 2 nitrogen and oxygen atoms in total. The van der Waals surface area contributed by atoms with E-state index in [0.29, 0.717) is 10.9 Å². The van der Waals surface area contributed by atoms with E-state index >= 15 is 0 Å². The molecule has 13 heavy (non-hydrogen) atoms. The molecular weight excluding hydrogens is 184 g/mol. The second-order valence-corrected chi connectivity index (χ2v) is 3.90. The molecular formula is C10H13ClN2. The van der Waals surface area contributed by atoms with E-state index in [9.17, 15) is 0 Å². The van der Waals surface area contributed by atoms with Crippen LogP contribution in [0, 0.1) is 0 Å². The zero-order valence-electron chi connectivity index (χ0n) is 7.39. The second-order valence-electron chi connectivity index (χ2n) is 3.46. The number of nitrogen functional groups attached to an aromatic ring is 1. The standard InChI is InChI=1S/C10H13ClN2/c11-8-1-2-9(10(12)5-8)7-3-4-13-6-7/h1-2,5,7,13H,3-4,6,12H2. The molecule has 1 aliphatic heterocycles. The van der Waals surface area contributed by atoms with Crippen molar-refractivity contribution in [1.29, 1.82) is 0 Å². The Morgan fingerprint density at radius 2 is 2.31 bits per heavy atom. The van der Waals surface area contributed by atoms with Crippen LogP contribution in [0.1, 0.15) is 17.9 Å². The summed E-state index contributed by atoms with van der Waals surface area (Å²) in [6.45, 7) is 2.12. The van der Waals surface area contributed by atoms with Gasteiger partial charge in [0.25, 0.3) is 0 Å². The van der Waals surface area contributed by atoms with Crippen LogP contribution in [0.2, 0.25) is 5.02 Å². The van der Waals surface area contributed by atoms with Crippen molar-refractivity contribution < 1.29 is 0 Å². The van der Waals surface area contributed by atoms with Crippen molar-refractivity contribution in [3.63, 3.8) is 0 Å². The molecule has 2 rings (SSSR count). The van der Waals surface area contributed by atoms with Gasteiger partial charge in [-0.3, -0.25) is 0 Å². The summed E-state index contributed by atoms with van der Waals surface area (Å²) < 4.78 is 0. The van der Waals surface area contributed by atoms with Crippen LogP contribution in [0.15, 0.2) is 18.2 Å². The lowest BCUT2D eigenvalue weighted by atomic mass is 9.97. The summed E-state index contributed by atoms with van der Waals surface area (Å²) in [5, 5.41) is 4.04. The van der Waals surface area contributed by atoms with Crippen molar-refractivity contribution in [2.45, 2.75) is 12.3 Å². The van der Waals surface area contributed by atoms with Gasteiger partial charge in [0, 0.05) is 17.3 Å². The largest absolute Gasteiger partial charge is 0.398 e. The number of nitrogens with one attached hydrogen (secondary N) is 1. The van der Waals surface area contributed by atoms with Gasteiger partial charge in [-0.05, 0) is 36.6 Å². The number of rotatable bonds is 1. The normalized spacial score (nSPS) is 22.1. The minimum atomic E-state index is 0.567. The molecule has 1 atom stereocenters. The molecule has 0 aromatic heterocycles. The molecule has 0 saturated carbocycles. The first kappa shape index (κ1) is 8.85. The molecule has 1 saturated heterocycles. The molecule has 1 unspecified atom stereocenters. The average Bonchev–Trinajstić information content (AvgIpc) is 2.56. The third-order valence-electron chi connectivity index (χ3n) is 2.55. The fraction of sp³-hybridized carbons (Fsp3) is 0.400. The quantitative estimate of drug-likeness (QED) is 0.675. The van der Waals surface area contributed by atoms with E-state index in [4.69, 9.17) is 17.3 Å². The highest BCUT2D eigenvalue weighted by Crippen LogP contribution is 2.29.